The molecule has 3 heteroatoms. The van der Waals surface area contributed by atoms with E-state index in [0.29, 0.717) is 12.9 Å². The number of hydrogen-bond donors (Lipinski definition) is 0. The fourth-order valence-corrected chi connectivity index (χ4v) is 2.31. The lowest BCUT2D eigenvalue weighted by atomic mass is 9.82. The number of halogens is 2. The molecule has 0 fully saturated rings. The van der Waals surface area contributed by atoms with Crippen molar-refractivity contribution in [3.63, 3.8) is 0 Å². The molecule has 2 rings (SSSR count). The lowest BCUT2D eigenvalue weighted by Gasteiger charge is -2.23. The zero-order valence-corrected chi connectivity index (χ0v) is 10.5. The molecule has 1 aliphatic carbocycles. The van der Waals surface area contributed by atoms with Crippen LogP contribution < -0.4 is 4.74 Å². The highest BCUT2D eigenvalue weighted by Crippen LogP contribution is 2.29. The molecule has 0 heterocycles. The largest absolute Gasteiger partial charge is 0.463 e. The van der Waals surface area contributed by atoms with Crippen molar-refractivity contribution in [2.24, 2.45) is 5.92 Å². The summed E-state index contributed by atoms with van der Waals surface area (Å²) in [6, 6.07) is 5.94. The van der Waals surface area contributed by atoms with Crippen LogP contribution in [-0.4, -0.2) is 14.0 Å². The number of hydrogen-bond acceptors (Lipinski definition) is 1. The fourth-order valence-electron chi connectivity index (χ4n) is 2.31. The van der Waals surface area contributed by atoms with E-state index in [1.807, 2.05) is 12.1 Å². The van der Waals surface area contributed by atoms with Crippen molar-refractivity contribution >= 4 is 0 Å². The van der Waals surface area contributed by atoms with E-state index >= 15 is 0 Å². The molecule has 1 atom stereocenters. The van der Waals surface area contributed by atoms with Gasteiger partial charge in [-0.15, -0.1) is 0 Å². The molecule has 0 radical (unpaired) electrons. The van der Waals surface area contributed by atoms with E-state index in [-0.39, 0.29) is 0 Å². The van der Waals surface area contributed by atoms with Gasteiger partial charge in [-0.2, -0.15) is 0 Å². The van der Waals surface area contributed by atoms with Crippen molar-refractivity contribution in [1.82, 2.24) is 0 Å². The first-order valence-electron chi connectivity index (χ1n) is 6.02. The minimum absolute atomic E-state index is 0.500. The molecule has 0 amide bonds. The zero-order chi connectivity index (χ0) is 12.7. The average Bonchev–Trinajstić information content (AvgIpc) is 2.41. The molecule has 0 saturated carbocycles. The summed E-state index contributed by atoms with van der Waals surface area (Å²) in [6.45, 7) is 1.51. The first kappa shape index (κ1) is 13.9. The third-order valence-corrected chi connectivity index (χ3v) is 3.31. The van der Waals surface area contributed by atoms with Gasteiger partial charge in [-0.1, -0.05) is 19.4 Å². The number of alkyl halides is 2. The monoisotopic (exact) mass is 242 g/mol. The molecule has 0 spiro atoms. The van der Waals surface area contributed by atoms with Gasteiger partial charge in [0, 0.05) is 0 Å². The van der Waals surface area contributed by atoms with Gasteiger partial charge in [0.15, 0.2) is 0 Å². The summed E-state index contributed by atoms with van der Waals surface area (Å²) in [4.78, 5) is 0. The van der Waals surface area contributed by atoms with Gasteiger partial charge in [-0.3, -0.25) is 4.39 Å². The summed E-state index contributed by atoms with van der Waals surface area (Å²) < 4.78 is 26.4. The SMILES string of the molecule is CCC1CCc2cc(OCF)ccc2C1.CF. The minimum Gasteiger partial charge on any atom is -0.463 e. The molecular formula is C14H20F2O. The van der Waals surface area contributed by atoms with Crippen molar-refractivity contribution in [3.8, 4) is 5.75 Å². The average molecular weight is 242 g/mol. The van der Waals surface area contributed by atoms with Crippen LogP contribution in [0.25, 0.3) is 0 Å². The van der Waals surface area contributed by atoms with Gasteiger partial charge in [-0.05, 0) is 48.4 Å². The van der Waals surface area contributed by atoms with E-state index in [1.54, 1.807) is 0 Å². The van der Waals surface area contributed by atoms with Gasteiger partial charge in [0.05, 0.1) is 7.18 Å². The van der Waals surface area contributed by atoms with Crippen molar-refractivity contribution in [3.05, 3.63) is 29.3 Å². The van der Waals surface area contributed by atoms with Crippen LogP contribution in [0.4, 0.5) is 8.78 Å². The molecule has 1 unspecified atom stereocenters. The smallest absolute Gasteiger partial charge is 0.228 e. The van der Waals surface area contributed by atoms with Crippen molar-refractivity contribution < 1.29 is 13.5 Å². The second-order valence-corrected chi connectivity index (χ2v) is 4.20. The Labute approximate surface area is 102 Å². The Morgan fingerprint density at radius 3 is 2.71 bits per heavy atom. The third kappa shape index (κ3) is 3.69. The van der Waals surface area contributed by atoms with Crippen molar-refractivity contribution in [2.45, 2.75) is 32.6 Å². The first-order valence-corrected chi connectivity index (χ1v) is 6.02. The molecule has 0 aromatic heterocycles. The number of rotatable bonds is 3. The molecule has 0 saturated heterocycles. The summed E-state index contributed by atoms with van der Waals surface area (Å²) in [7, 11) is 0.500. The lowest BCUT2D eigenvalue weighted by molar-refractivity contribution is 0.191. The predicted octanol–water partition coefficient (Wildman–Crippen LogP) is 4.09. The van der Waals surface area contributed by atoms with Crippen LogP contribution in [0.2, 0.25) is 0 Å². The fraction of sp³-hybridized carbons (Fsp3) is 0.571. The Bertz CT molecular complexity index is 339. The molecule has 1 nitrogen and oxygen atoms in total. The lowest BCUT2D eigenvalue weighted by Crippen LogP contribution is -2.13. The van der Waals surface area contributed by atoms with Crippen molar-refractivity contribution in [2.75, 3.05) is 14.0 Å². The molecule has 0 N–H and O–H groups in total. The van der Waals surface area contributed by atoms with Crippen LogP contribution in [0.15, 0.2) is 18.2 Å². The molecule has 1 aromatic rings. The maximum Gasteiger partial charge on any atom is 0.228 e. The zero-order valence-electron chi connectivity index (χ0n) is 10.5. The van der Waals surface area contributed by atoms with Crippen LogP contribution in [-0.2, 0) is 12.8 Å². The number of fused-ring (bicyclic) bond motifs is 1. The van der Waals surface area contributed by atoms with Crippen LogP contribution in [0, 0.1) is 5.92 Å². The van der Waals surface area contributed by atoms with E-state index in [9.17, 15) is 8.78 Å². The Balaban J connectivity index is 0.000000686. The predicted molar refractivity (Wildman–Crippen MR) is 65.9 cm³/mol. The Hall–Kier alpha value is -1.12. The van der Waals surface area contributed by atoms with Gasteiger partial charge in [0.25, 0.3) is 0 Å². The van der Waals surface area contributed by atoms with E-state index in [0.717, 1.165) is 12.3 Å². The number of ether oxygens (including phenoxy) is 1. The summed E-state index contributed by atoms with van der Waals surface area (Å²) in [6.07, 6.45) is 4.78. The number of aryl methyl sites for hydroxylation is 1. The topological polar surface area (TPSA) is 9.23 Å². The highest BCUT2D eigenvalue weighted by Gasteiger charge is 2.17. The Morgan fingerprint density at radius 1 is 1.29 bits per heavy atom. The summed E-state index contributed by atoms with van der Waals surface area (Å²) >= 11 is 0. The molecule has 0 bridgehead atoms. The summed E-state index contributed by atoms with van der Waals surface area (Å²) in [5.74, 6) is 1.48. The highest BCUT2D eigenvalue weighted by atomic mass is 19.1. The molecule has 96 valence electrons. The summed E-state index contributed by atoms with van der Waals surface area (Å²) in [5, 5.41) is 0. The van der Waals surface area contributed by atoms with E-state index in [4.69, 9.17) is 4.74 Å². The minimum atomic E-state index is -0.740. The molecular weight excluding hydrogens is 222 g/mol. The standard InChI is InChI=1S/C13H17FO.CH3F/c1-2-10-3-4-12-8-13(15-9-14)6-5-11(12)7-10;1-2/h5-6,8,10H,2-4,7,9H2,1H3;1H3. The number of benzene rings is 1. The van der Waals surface area contributed by atoms with Crippen LogP contribution in [0.5, 0.6) is 5.75 Å². The van der Waals surface area contributed by atoms with Gasteiger partial charge >= 0.3 is 0 Å². The van der Waals surface area contributed by atoms with Gasteiger partial charge in [-0.25, -0.2) is 4.39 Å². The van der Waals surface area contributed by atoms with Crippen LogP contribution in [0.1, 0.15) is 30.9 Å². The highest BCUT2D eigenvalue weighted by molar-refractivity contribution is 5.37. The van der Waals surface area contributed by atoms with Crippen molar-refractivity contribution in [1.29, 1.82) is 0 Å². The molecule has 0 aliphatic heterocycles. The molecule has 1 aromatic carbocycles. The second-order valence-electron chi connectivity index (χ2n) is 4.20. The van der Waals surface area contributed by atoms with Gasteiger partial charge in [0.2, 0.25) is 6.86 Å². The maximum atomic E-state index is 12.0. The first-order chi connectivity index (χ1) is 8.33. The van der Waals surface area contributed by atoms with E-state index in [1.165, 1.54) is 30.4 Å². The van der Waals surface area contributed by atoms with Crippen LogP contribution >= 0.6 is 0 Å². The normalized spacial score (nSPS) is 17.8. The Kier molecular flexibility index (Phi) is 5.95. The second kappa shape index (κ2) is 7.25. The molecule has 17 heavy (non-hydrogen) atoms. The van der Waals surface area contributed by atoms with E-state index in [2.05, 4.69) is 13.0 Å². The quantitative estimate of drug-likeness (QED) is 0.775. The Morgan fingerprint density at radius 2 is 2.06 bits per heavy atom. The summed E-state index contributed by atoms with van der Waals surface area (Å²) in [5.41, 5.74) is 2.75. The third-order valence-electron chi connectivity index (χ3n) is 3.31. The van der Waals surface area contributed by atoms with Gasteiger partial charge < -0.3 is 4.74 Å². The van der Waals surface area contributed by atoms with Gasteiger partial charge in [0.1, 0.15) is 5.75 Å². The maximum absolute atomic E-state index is 12.0. The van der Waals surface area contributed by atoms with E-state index < -0.39 is 6.86 Å². The van der Waals surface area contributed by atoms with Crippen LogP contribution in [0.3, 0.4) is 0 Å². The molecule has 1 aliphatic rings.